The Morgan fingerprint density at radius 3 is 2.95 bits per heavy atom. The predicted molar refractivity (Wildman–Crippen MR) is 83.8 cm³/mol. The van der Waals surface area contributed by atoms with Crippen LogP contribution in [0.15, 0.2) is 27.6 Å². The van der Waals surface area contributed by atoms with E-state index in [-0.39, 0.29) is 18.2 Å². The first kappa shape index (κ1) is 15.7. The van der Waals surface area contributed by atoms with Crippen molar-refractivity contribution < 1.29 is 5.11 Å². The molecule has 0 bridgehead atoms. The fraction of sp³-hybridized carbons (Fsp3) is 0.667. The molecule has 1 aliphatic rings. The van der Waals surface area contributed by atoms with Crippen molar-refractivity contribution in [1.82, 2.24) is 9.88 Å². The number of aliphatic hydroxyl groups excluding tert-OH is 1. The molecule has 112 valence electrons. The Labute approximate surface area is 128 Å². The van der Waals surface area contributed by atoms with Crippen LogP contribution < -0.4 is 10.9 Å². The number of rotatable bonds is 5. The van der Waals surface area contributed by atoms with Crippen LogP contribution in [-0.4, -0.2) is 28.4 Å². The van der Waals surface area contributed by atoms with E-state index in [1.165, 1.54) is 12.8 Å². The van der Waals surface area contributed by atoms with Crippen molar-refractivity contribution in [3.8, 4) is 0 Å². The van der Waals surface area contributed by atoms with E-state index in [4.69, 9.17) is 0 Å². The smallest absolute Gasteiger partial charge is 0.250 e. The first-order valence-corrected chi connectivity index (χ1v) is 8.12. The van der Waals surface area contributed by atoms with Crippen molar-refractivity contribution in [3.05, 3.63) is 33.2 Å². The largest absolute Gasteiger partial charge is 0.396 e. The second-order valence-corrected chi connectivity index (χ2v) is 6.65. The normalized spacial score (nSPS) is 24.6. The van der Waals surface area contributed by atoms with Crippen molar-refractivity contribution in [2.75, 3.05) is 6.61 Å². The topological polar surface area (TPSA) is 54.3 Å². The van der Waals surface area contributed by atoms with E-state index in [0.29, 0.717) is 18.5 Å². The lowest BCUT2D eigenvalue weighted by atomic mass is 9.84. The van der Waals surface area contributed by atoms with E-state index >= 15 is 0 Å². The van der Waals surface area contributed by atoms with Crippen LogP contribution in [0.3, 0.4) is 0 Å². The van der Waals surface area contributed by atoms with Crippen LogP contribution in [0.5, 0.6) is 0 Å². The highest BCUT2D eigenvalue weighted by Gasteiger charge is 2.25. The Kier molecular flexibility index (Phi) is 5.81. The summed E-state index contributed by atoms with van der Waals surface area (Å²) in [6.07, 6.45) is 6.46. The minimum Gasteiger partial charge on any atom is -0.396 e. The van der Waals surface area contributed by atoms with Gasteiger partial charge < -0.3 is 15.0 Å². The van der Waals surface area contributed by atoms with Gasteiger partial charge in [0.2, 0.25) is 0 Å². The van der Waals surface area contributed by atoms with Gasteiger partial charge in [0.1, 0.15) is 0 Å². The van der Waals surface area contributed by atoms with Crippen LogP contribution in [0, 0.1) is 5.92 Å². The molecule has 3 atom stereocenters. The maximum absolute atomic E-state index is 11.8. The summed E-state index contributed by atoms with van der Waals surface area (Å²) in [5, 5.41) is 13.0. The van der Waals surface area contributed by atoms with Gasteiger partial charge in [-0.05, 0) is 47.7 Å². The first-order valence-electron chi connectivity index (χ1n) is 7.33. The Balaban J connectivity index is 1.96. The SMILES string of the molecule is C[C@@H](Cn1cc(Br)ccc1=O)N[C@@H]1CCCC[C@H]1CO. The zero-order valence-corrected chi connectivity index (χ0v) is 13.5. The summed E-state index contributed by atoms with van der Waals surface area (Å²) in [6.45, 7) is 2.99. The van der Waals surface area contributed by atoms with E-state index in [0.717, 1.165) is 17.3 Å². The number of nitrogens with zero attached hydrogens (tertiary/aromatic N) is 1. The molecule has 0 unspecified atom stereocenters. The average Bonchev–Trinajstić information content (AvgIpc) is 2.43. The quantitative estimate of drug-likeness (QED) is 0.861. The van der Waals surface area contributed by atoms with Gasteiger partial charge in [0.25, 0.3) is 5.56 Å². The van der Waals surface area contributed by atoms with E-state index in [2.05, 4.69) is 28.2 Å². The van der Waals surface area contributed by atoms with Crippen LogP contribution in [0.1, 0.15) is 32.6 Å². The lowest BCUT2D eigenvalue weighted by Gasteiger charge is -2.33. The van der Waals surface area contributed by atoms with Gasteiger partial charge in [-0.2, -0.15) is 0 Å². The van der Waals surface area contributed by atoms with E-state index in [9.17, 15) is 9.90 Å². The molecule has 4 nitrogen and oxygen atoms in total. The molecule has 0 radical (unpaired) electrons. The van der Waals surface area contributed by atoms with Crippen molar-refractivity contribution in [2.24, 2.45) is 5.92 Å². The maximum atomic E-state index is 11.8. The fourth-order valence-corrected chi connectivity index (χ4v) is 3.38. The summed E-state index contributed by atoms with van der Waals surface area (Å²) < 4.78 is 2.63. The molecule has 0 spiro atoms. The number of nitrogens with one attached hydrogen (secondary N) is 1. The lowest BCUT2D eigenvalue weighted by Crippen LogP contribution is -2.46. The van der Waals surface area contributed by atoms with Crippen LogP contribution in [0.4, 0.5) is 0 Å². The highest BCUT2D eigenvalue weighted by molar-refractivity contribution is 9.10. The molecule has 5 heteroatoms. The zero-order valence-electron chi connectivity index (χ0n) is 11.9. The lowest BCUT2D eigenvalue weighted by molar-refractivity contribution is 0.145. The van der Waals surface area contributed by atoms with Crippen LogP contribution in [0.2, 0.25) is 0 Å². The molecule has 1 aromatic rings. The Morgan fingerprint density at radius 1 is 1.45 bits per heavy atom. The number of pyridine rings is 1. The standard InChI is InChI=1S/C15H23BrN2O2/c1-11(8-18-9-13(16)6-7-15(18)20)17-14-5-3-2-4-12(14)10-19/h6-7,9,11-12,14,17,19H,2-5,8,10H2,1H3/t11-,12-,14+/m0/s1. The second kappa shape index (κ2) is 7.38. The number of aliphatic hydroxyl groups is 1. The summed E-state index contributed by atoms with van der Waals surface area (Å²) in [5.41, 5.74) is 0.0178. The molecule has 0 aliphatic heterocycles. The molecule has 1 aliphatic carbocycles. The summed E-state index contributed by atoms with van der Waals surface area (Å²) >= 11 is 3.39. The van der Waals surface area contributed by atoms with Gasteiger partial charge >= 0.3 is 0 Å². The minimum absolute atomic E-state index is 0.0178. The van der Waals surface area contributed by atoms with Crippen LogP contribution in [0.25, 0.3) is 0 Å². The van der Waals surface area contributed by atoms with E-state index in [1.54, 1.807) is 16.7 Å². The number of hydrogen-bond donors (Lipinski definition) is 2. The summed E-state index contributed by atoms with van der Waals surface area (Å²) in [4.78, 5) is 11.8. The molecular weight excluding hydrogens is 320 g/mol. The molecule has 1 heterocycles. The van der Waals surface area contributed by atoms with Crippen molar-refractivity contribution in [1.29, 1.82) is 0 Å². The Morgan fingerprint density at radius 2 is 2.20 bits per heavy atom. The summed E-state index contributed by atoms with van der Waals surface area (Å²) in [6, 6.07) is 3.92. The molecule has 2 N–H and O–H groups in total. The highest BCUT2D eigenvalue weighted by atomic mass is 79.9. The fourth-order valence-electron chi connectivity index (χ4n) is 3.00. The third-order valence-electron chi connectivity index (χ3n) is 4.06. The van der Waals surface area contributed by atoms with Gasteiger partial charge in [-0.15, -0.1) is 0 Å². The molecule has 0 amide bonds. The van der Waals surface area contributed by atoms with E-state index < -0.39 is 0 Å². The minimum atomic E-state index is 0.0178. The first-order chi connectivity index (χ1) is 9.60. The summed E-state index contributed by atoms with van der Waals surface area (Å²) in [5.74, 6) is 0.352. The second-order valence-electron chi connectivity index (χ2n) is 5.74. The number of halogens is 1. The molecule has 0 saturated heterocycles. The molecular formula is C15H23BrN2O2. The molecule has 0 aromatic carbocycles. The number of aromatic nitrogens is 1. The molecule has 1 saturated carbocycles. The average molecular weight is 343 g/mol. The third kappa shape index (κ3) is 4.17. The van der Waals surface area contributed by atoms with Crippen LogP contribution >= 0.6 is 15.9 Å². The molecule has 1 aromatic heterocycles. The summed E-state index contributed by atoms with van der Waals surface area (Å²) in [7, 11) is 0. The van der Waals surface area contributed by atoms with Crippen molar-refractivity contribution in [2.45, 2.75) is 51.2 Å². The van der Waals surface area contributed by atoms with E-state index in [1.807, 2.05) is 6.20 Å². The molecule has 1 fully saturated rings. The van der Waals surface area contributed by atoms with Crippen molar-refractivity contribution in [3.63, 3.8) is 0 Å². The van der Waals surface area contributed by atoms with Gasteiger partial charge in [0.05, 0.1) is 0 Å². The van der Waals surface area contributed by atoms with Gasteiger partial charge in [-0.3, -0.25) is 4.79 Å². The zero-order chi connectivity index (χ0) is 14.5. The van der Waals surface area contributed by atoms with Gasteiger partial charge in [0.15, 0.2) is 0 Å². The van der Waals surface area contributed by atoms with Gasteiger partial charge in [-0.1, -0.05) is 12.8 Å². The maximum Gasteiger partial charge on any atom is 0.250 e. The Bertz CT molecular complexity index is 489. The Hall–Kier alpha value is -0.650. The number of hydrogen-bond acceptors (Lipinski definition) is 3. The molecule has 2 rings (SSSR count). The van der Waals surface area contributed by atoms with Gasteiger partial charge in [-0.25, -0.2) is 0 Å². The van der Waals surface area contributed by atoms with Crippen molar-refractivity contribution >= 4 is 15.9 Å². The third-order valence-corrected chi connectivity index (χ3v) is 4.53. The van der Waals surface area contributed by atoms with Crippen LogP contribution in [-0.2, 0) is 6.54 Å². The predicted octanol–water partition coefficient (Wildman–Crippen LogP) is 2.14. The highest BCUT2D eigenvalue weighted by Crippen LogP contribution is 2.24. The van der Waals surface area contributed by atoms with Gasteiger partial charge in [0, 0.05) is 42.0 Å². The monoisotopic (exact) mass is 342 g/mol. The molecule has 20 heavy (non-hydrogen) atoms.